The molecule has 1 unspecified atom stereocenters. The Labute approximate surface area is 174 Å². The summed E-state index contributed by atoms with van der Waals surface area (Å²) < 4.78 is 5.51. The van der Waals surface area contributed by atoms with Crippen molar-refractivity contribution in [3.05, 3.63) is 59.0 Å². The first-order chi connectivity index (χ1) is 14.4. The van der Waals surface area contributed by atoms with Crippen LogP contribution in [0.15, 0.2) is 40.8 Å². The number of rotatable bonds is 4. The molecule has 30 heavy (non-hydrogen) atoms. The van der Waals surface area contributed by atoms with Gasteiger partial charge < -0.3 is 19.7 Å². The largest absolute Gasteiger partial charge is 0.441 e. The summed E-state index contributed by atoms with van der Waals surface area (Å²) in [5, 5.41) is 12.3. The number of aryl methyl sites for hydroxylation is 2. The number of carbonyl (C=O) groups excluding carboxylic acids is 2. The lowest BCUT2D eigenvalue weighted by atomic mass is 9.98. The van der Waals surface area contributed by atoms with Gasteiger partial charge in [-0.1, -0.05) is 6.07 Å². The molecule has 0 aliphatic carbocycles. The van der Waals surface area contributed by atoms with Gasteiger partial charge >= 0.3 is 0 Å². The highest BCUT2D eigenvalue weighted by Crippen LogP contribution is 2.23. The van der Waals surface area contributed by atoms with Gasteiger partial charge in [0.2, 0.25) is 0 Å². The highest BCUT2D eigenvalue weighted by molar-refractivity contribution is 6.07. The molecule has 1 atom stereocenters. The van der Waals surface area contributed by atoms with E-state index < -0.39 is 0 Å². The van der Waals surface area contributed by atoms with Gasteiger partial charge in [-0.2, -0.15) is 0 Å². The number of hydrogen-bond acceptors (Lipinski definition) is 5. The number of nitrogens with one attached hydrogen (secondary N) is 1. The Kier molecular flexibility index (Phi) is 5.55. The Morgan fingerprint density at radius 3 is 2.80 bits per heavy atom. The molecule has 1 aliphatic heterocycles. The molecule has 2 heterocycles. The van der Waals surface area contributed by atoms with Crippen molar-refractivity contribution in [3.8, 4) is 0 Å². The minimum atomic E-state index is -0.281. The molecule has 1 aromatic heterocycles. The van der Waals surface area contributed by atoms with Crippen molar-refractivity contribution in [3.63, 3.8) is 0 Å². The Balaban J connectivity index is 1.53. The van der Waals surface area contributed by atoms with E-state index in [4.69, 9.17) is 4.42 Å². The fraction of sp³-hybridized carbons (Fsp3) is 0.348. The van der Waals surface area contributed by atoms with Crippen LogP contribution in [0, 0.1) is 19.8 Å². The Bertz CT molecular complexity index is 1110. The number of nitrogens with zero attached hydrogens (tertiary/aromatic N) is 2. The van der Waals surface area contributed by atoms with Crippen LogP contribution in [0.4, 0.5) is 5.69 Å². The molecule has 3 aromatic rings. The van der Waals surface area contributed by atoms with Crippen LogP contribution in [-0.4, -0.2) is 46.5 Å². The SMILES string of the molecule is Cc1nc2ccc(C(=O)Nc3cc(C(=O)N4CCCC(CO)C4)ccc3C)cc2o1. The Morgan fingerprint density at radius 2 is 2.00 bits per heavy atom. The van der Waals surface area contributed by atoms with Crippen LogP contribution in [0.2, 0.25) is 0 Å². The second-order valence-electron chi connectivity index (χ2n) is 7.84. The summed E-state index contributed by atoms with van der Waals surface area (Å²) >= 11 is 0. The predicted molar refractivity (Wildman–Crippen MR) is 114 cm³/mol. The summed E-state index contributed by atoms with van der Waals surface area (Å²) in [5.41, 5.74) is 3.70. The zero-order valence-electron chi connectivity index (χ0n) is 17.1. The maximum Gasteiger partial charge on any atom is 0.255 e. The second-order valence-corrected chi connectivity index (χ2v) is 7.84. The van der Waals surface area contributed by atoms with Gasteiger partial charge in [-0.25, -0.2) is 4.98 Å². The zero-order valence-corrected chi connectivity index (χ0v) is 17.1. The molecule has 1 saturated heterocycles. The van der Waals surface area contributed by atoms with Crippen LogP contribution in [0.25, 0.3) is 11.1 Å². The maximum atomic E-state index is 12.9. The third-order valence-corrected chi connectivity index (χ3v) is 5.55. The molecule has 1 fully saturated rings. The highest BCUT2D eigenvalue weighted by Gasteiger charge is 2.24. The summed E-state index contributed by atoms with van der Waals surface area (Å²) in [6.07, 6.45) is 1.82. The van der Waals surface area contributed by atoms with E-state index in [9.17, 15) is 14.7 Å². The number of anilines is 1. The summed E-state index contributed by atoms with van der Waals surface area (Å²) in [6.45, 7) is 4.98. The van der Waals surface area contributed by atoms with Crippen molar-refractivity contribution in [1.29, 1.82) is 0 Å². The minimum Gasteiger partial charge on any atom is -0.441 e. The van der Waals surface area contributed by atoms with Gasteiger partial charge in [-0.05, 0) is 61.6 Å². The lowest BCUT2D eigenvalue weighted by Crippen LogP contribution is -2.41. The highest BCUT2D eigenvalue weighted by atomic mass is 16.3. The van der Waals surface area contributed by atoms with E-state index in [1.165, 1.54) is 0 Å². The molecule has 2 aromatic carbocycles. The fourth-order valence-corrected chi connectivity index (χ4v) is 3.85. The maximum absolute atomic E-state index is 12.9. The Morgan fingerprint density at radius 1 is 1.20 bits per heavy atom. The quantitative estimate of drug-likeness (QED) is 0.690. The number of hydrogen-bond donors (Lipinski definition) is 2. The third kappa shape index (κ3) is 4.07. The van der Waals surface area contributed by atoms with Crippen molar-refractivity contribution < 1.29 is 19.1 Å². The molecule has 0 radical (unpaired) electrons. The molecular weight excluding hydrogens is 382 g/mol. The molecule has 1 aliphatic rings. The van der Waals surface area contributed by atoms with E-state index in [1.54, 1.807) is 42.2 Å². The molecule has 2 amide bonds. The molecule has 2 N–H and O–H groups in total. The van der Waals surface area contributed by atoms with Crippen LogP contribution < -0.4 is 5.32 Å². The molecule has 4 rings (SSSR count). The van der Waals surface area contributed by atoms with E-state index >= 15 is 0 Å². The number of oxazole rings is 1. The van der Waals surface area contributed by atoms with Gasteiger partial charge in [0.15, 0.2) is 11.5 Å². The first-order valence-electron chi connectivity index (χ1n) is 10.1. The van der Waals surface area contributed by atoms with Crippen molar-refractivity contribution in [2.75, 3.05) is 25.0 Å². The van der Waals surface area contributed by atoms with E-state index in [0.29, 0.717) is 46.9 Å². The number of aromatic nitrogens is 1. The minimum absolute atomic E-state index is 0.0813. The monoisotopic (exact) mass is 407 g/mol. The normalized spacial score (nSPS) is 16.6. The fourth-order valence-electron chi connectivity index (χ4n) is 3.85. The number of aliphatic hydroxyl groups excluding tert-OH is 1. The number of carbonyl (C=O) groups is 2. The number of piperidine rings is 1. The van der Waals surface area contributed by atoms with Gasteiger partial charge in [-0.15, -0.1) is 0 Å². The summed E-state index contributed by atoms with van der Waals surface area (Å²) in [6, 6.07) is 10.4. The first-order valence-corrected chi connectivity index (χ1v) is 10.1. The van der Waals surface area contributed by atoms with E-state index in [1.807, 2.05) is 13.0 Å². The van der Waals surface area contributed by atoms with Crippen LogP contribution in [0.1, 0.15) is 45.0 Å². The standard InChI is InChI=1S/C23H25N3O4/c1-14-5-6-18(23(29)26-9-3-4-16(12-26)13-27)10-20(14)25-22(28)17-7-8-19-21(11-17)30-15(2)24-19/h5-8,10-11,16,27H,3-4,9,12-13H2,1-2H3,(H,25,28). The van der Waals surface area contributed by atoms with Gasteiger partial charge in [-0.3, -0.25) is 9.59 Å². The van der Waals surface area contributed by atoms with Crippen LogP contribution in [0.3, 0.4) is 0 Å². The average molecular weight is 407 g/mol. The molecule has 0 spiro atoms. The van der Waals surface area contributed by atoms with Crippen LogP contribution >= 0.6 is 0 Å². The van der Waals surface area contributed by atoms with E-state index in [2.05, 4.69) is 10.3 Å². The van der Waals surface area contributed by atoms with Crippen molar-refractivity contribution in [2.45, 2.75) is 26.7 Å². The van der Waals surface area contributed by atoms with Crippen LogP contribution in [-0.2, 0) is 0 Å². The summed E-state index contributed by atoms with van der Waals surface area (Å²) in [7, 11) is 0. The topological polar surface area (TPSA) is 95.7 Å². The third-order valence-electron chi connectivity index (χ3n) is 5.55. The molecule has 0 saturated carbocycles. The average Bonchev–Trinajstić information content (AvgIpc) is 3.14. The molecular formula is C23H25N3O4. The van der Waals surface area contributed by atoms with E-state index in [-0.39, 0.29) is 24.3 Å². The lowest BCUT2D eigenvalue weighted by molar-refractivity contribution is 0.0620. The summed E-state index contributed by atoms with van der Waals surface area (Å²) in [5.74, 6) is 0.312. The predicted octanol–water partition coefficient (Wildman–Crippen LogP) is 3.54. The molecule has 0 bridgehead atoms. The number of benzene rings is 2. The lowest BCUT2D eigenvalue weighted by Gasteiger charge is -2.32. The molecule has 7 heteroatoms. The Hall–Kier alpha value is -3.19. The second kappa shape index (κ2) is 8.28. The number of aliphatic hydroxyl groups is 1. The number of amides is 2. The number of fused-ring (bicyclic) bond motifs is 1. The zero-order chi connectivity index (χ0) is 21.3. The van der Waals surface area contributed by atoms with E-state index in [0.717, 1.165) is 18.4 Å². The van der Waals surface area contributed by atoms with Crippen molar-refractivity contribution in [2.24, 2.45) is 5.92 Å². The van der Waals surface area contributed by atoms with Gasteiger partial charge in [0.25, 0.3) is 11.8 Å². The van der Waals surface area contributed by atoms with Gasteiger partial charge in [0, 0.05) is 43.4 Å². The van der Waals surface area contributed by atoms with Crippen LogP contribution in [0.5, 0.6) is 0 Å². The van der Waals surface area contributed by atoms with Crippen molar-refractivity contribution >= 4 is 28.6 Å². The smallest absolute Gasteiger partial charge is 0.255 e. The molecule has 7 nitrogen and oxygen atoms in total. The number of likely N-dealkylation sites (tertiary alicyclic amines) is 1. The van der Waals surface area contributed by atoms with Gasteiger partial charge in [0.05, 0.1) is 0 Å². The first kappa shape index (κ1) is 20.1. The molecule has 156 valence electrons. The summed E-state index contributed by atoms with van der Waals surface area (Å²) in [4.78, 5) is 31.7. The van der Waals surface area contributed by atoms with Gasteiger partial charge in [0.1, 0.15) is 5.52 Å². The van der Waals surface area contributed by atoms with Crippen molar-refractivity contribution in [1.82, 2.24) is 9.88 Å².